The Hall–Kier alpha value is -1.56. The Morgan fingerprint density at radius 3 is 2.50 bits per heavy atom. The van der Waals surface area contributed by atoms with E-state index in [-0.39, 0.29) is 18.8 Å². The Bertz CT molecular complexity index is 473. The predicted molar refractivity (Wildman–Crippen MR) is 76.8 cm³/mol. The molecule has 0 bridgehead atoms. The van der Waals surface area contributed by atoms with Gasteiger partial charge in [-0.2, -0.15) is 0 Å². The number of carbonyl (C=O) groups is 2. The number of halogens is 1. The molecule has 5 nitrogen and oxygen atoms in total. The van der Waals surface area contributed by atoms with Gasteiger partial charge in [0.05, 0.1) is 13.7 Å². The van der Waals surface area contributed by atoms with Gasteiger partial charge in [-0.15, -0.1) is 0 Å². The summed E-state index contributed by atoms with van der Waals surface area (Å²) in [5.74, 6) is 0.117. The van der Waals surface area contributed by atoms with E-state index in [1.807, 2.05) is 0 Å². The molecule has 6 heteroatoms. The quantitative estimate of drug-likeness (QED) is 0.561. The van der Waals surface area contributed by atoms with Crippen LogP contribution in [0.25, 0.3) is 0 Å². The summed E-state index contributed by atoms with van der Waals surface area (Å²) in [6.07, 6.45) is 0.759. The van der Waals surface area contributed by atoms with Crippen molar-refractivity contribution in [3.8, 4) is 11.5 Å². The molecule has 0 aliphatic rings. The Morgan fingerprint density at radius 2 is 1.85 bits per heavy atom. The van der Waals surface area contributed by atoms with Crippen LogP contribution in [-0.2, 0) is 14.3 Å². The van der Waals surface area contributed by atoms with E-state index in [4.69, 9.17) is 14.2 Å². The molecular formula is C14H17BrO5. The number of ether oxygens (including phenoxy) is 3. The smallest absolute Gasteiger partial charge is 0.311 e. The molecule has 0 saturated heterocycles. The zero-order chi connectivity index (χ0) is 15.0. The van der Waals surface area contributed by atoms with Crippen molar-refractivity contribution in [2.45, 2.75) is 26.2 Å². The summed E-state index contributed by atoms with van der Waals surface area (Å²) in [6.45, 7) is 2.09. The van der Waals surface area contributed by atoms with Gasteiger partial charge in [-0.1, -0.05) is 15.9 Å². The highest BCUT2D eigenvalue weighted by Gasteiger charge is 2.11. The van der Waals surface area contributed by atoms with Crippen LogP contribution in [0.5, 0.6) is 11.5 Å². The van der Waals surface area contributed by atoms with E-state index >= 15 is 0 Å². The van der Waals surface area contributed by atoms with Crippen molar-refractivity contribution in [1.82, 2.24) is 0 Å². The average Bonchev–Trinajstić information content (AvgIpc) is 2.41. The van der Waals surface area contributed by atoms with Crippen molar-refractivity contribution in [2.24, 2.45) is 0 Å². The van der Waals surface area contributed by atoms with Crippen LogP contribution < -0.4 is 9.47 Å². The zero-order valence-electron chi connectivity index (χ0n) is 11.5. The molecule has 0 heterocycles. The maximum Gasteiger partial charge on any atom is 0.311 e. The van der Waals surface area contributed by atoms with E-state index in [0.717, 1.165) is 4.47 Å². The fourth-order valence-electron chi connectivity index (χ4n) is 1.51. The topological polar surface area (TPSA) is 61.8 Å². The van der Waals surface area contributed by atoms with Crippen LogP contribution in [-0.4, -0.2) is 25.7 Å². The Labute approximate surface area is 126 Å². The molecule has 0 aromatic heterocycles. The number of benzene rings is 1. The maximum atomic E-state index is 11.7. The van der Waals surface area contributed by atoms with E-state index < -0.39 is 5.97 Å². The van der Waals surface area contributed by atoms with Crippen molar-refractivity contribution in [3.05, 3.63) is 22.7 Å². The number of carbonyl (C=O) groups excluding carboxylic acids is 2. The lowest BCUT2D eigenvalue weighted by Gasteiger charge is -2.09. The number of hydrogen-bond acceptors (Lipinski definition) is 5. The summed E-state index contributed by atoms with van der Waals surface area (Å²) in [7, 11) is 1.50. The van der Waals surface area contributed by atoms with Crippen LogP contribution in [0.3, 0.4) is 0 Å². The van der Waals surface area contributed by atoms with Crippen molar-refractivity contribution >= 4 is 27.9 Å². The molecule has 0 radical (unpaired) electrons. The van der Waals surface area contributed by atoms with Crippen molar-refractivity contribution in [2.75, 3.05) is 13.7 Å². The van der Waals surface area contributed by atoms with Crippen LogP contribution in [0.15, 0.2) is 22.7 Å². The fraction of sp³-hybridized carbons (Fsp3) is 0.429. The normalized spacial score (nSPS) is 9.95. The van der Waals surface area contributed by atoms with Gasteiger partial charge >= 0.3 is 11.9 Å². The van der Waals surface area contributed by atoms with E-state index in [1.54, 1.807) is 25.1 Å². The highest BCUT2D eigenvalue weighted by atomic mass is 79.9. The van der Waals surface area contributed by atoms with Crippen molar-refractivity contribution in [1.29, 1.82) is 0 Å². The number of esters is 2. The SMILES string of the molecule is CCOC(=O)CCCC(=O)Oc1ccc(Br)cc1OC. The lowest BCUT2D eigenvalue weighted by atomic mass is 10.2. The molecule has 1 rings (SSSR count). The maximum absolute atomic E-state index is 11.7. The van der Waals surface area contributed by atoms with Gasteiger partial charge < -0.3 is 14.2 Å². The molecule has 0 fully saturated rings. The largest absolute Gasteiger partial charge is 0.493 e. The second-order valence-electron chi connectivity index (χ2n) is 3.93. The summed E-state index contributed by atoms with van der Waals surface area (Å²) >= 11 is 3.30. The van der Waals surface area contributed by atoms with Crippen LogP contribution in [0.2, 0.25) is 0 Å². The second kappa shape index (κ2) is 8.58. The molecule has 1 aromatic rings. The molecule has 0 saturated carbocycles. The summed E-state index contributed by atoms with van der Waals surface area (Å²) in [5, 5.41) is 0. The molecule has 1 aromatic carbocycles. The molecule has 20 heavy (non-hydrogen) atoms. The first kappa shape index (κ1) is 16.5. The van der Waals surface area contributed by atoms with Gasteiger partial charge in [-0.05, 0) is 31.5 Å². The number of rotatable bonds is 7. The minimum atomic E-state index is -0.407. The van der Waals surface area contributed by atoms with Crippen LogP contribution in [0.1, 0.15) is 26.2 Å². The third-order valence-electron chi connectivity index (χ3n) is 2.42. The molecule has 0 amide bonds. The van der Waals surface area contributed by atoms with Crippen LogP contribution in [0, 0.1) is 0 Å². The zero-order valence-corrected chi connectivity index (χ0v) is 13.1. The first-order valence-electron chi connectivity index (χ1n) is 6.26. The Kier molecular flexibility index (Phi) is 7.08. The first-order valence-corrected chi connectivity index (χ1v) is 7.06. The first-order chi connectivity index (χ1) is 9.56. The summed E-state index contributed by atoms with van der Waals surface area (Å²) in [5.41, 5.74) is 0. The number of methoxy groups -OCH3 is 1. The van der Waals surface area contributed by atoms with Gasteiger partial charge in [0, 0.05) is 17.3 Å². The average molecular weight is 345 g/mol. The highest BCUT2D eigenvalue weighted by molar-refractivity contribution is 9.10. The standard InChI is InChI=1S/C14H17BrO5/c1-3-19-13(16)5-4-6-14(17)20-11-8-7-10(15)9-12(11)18-2/h7-9H,3-6H2,1-2H3. The van der Waals surface area contributed by atoms with Gasteiger partial charge in [0.15, 0.2) is 11.5 Å². The third-order valence-corrected chi connectivity index (χ3v) is 2.91. The van der Waals surface area contributed by atoms with Gasteiger partial charge in [-0.25, -0.2) is 0 Å². The minimum absolute atomic E-state index is 0.151. The van der Waals surface area contributed by atoms with Crippen molar-refractivity contribution < 1.29 is 23.8 Å². The van der Waals surface area contributed by atoms with Gasteiger partial charge in [0.1, 0.15) is 0 Å². The van der Waals surface area contributed by atoms with Crippen LogP contribution >= 0.6 is 15.9 Å². The molecule has 0 spiro atoms. The molecule has 0 atom stereocenters. The molecule has 110 valence electrons. The Morgan fingerprint density at radius 1 is 1.15 bits per heavy atom. The fourth-order valence-corrected chi connectivity index (χ4v) is 1.85. The van der Waals surface area contributed by atoms with E-state index in [0.29, 0.717) is 24.5 Å². The van der Waals surface area contributed by atoms with E-state index in [1.165, 1.54) is 7.11 Å². The minimum Gasteiger partial charge on any atom is -0.493 e. The molecule has 0 unspecified atom stereocenters. The lowest BCUT2D eigenvalue weighted by molar-refractivity contribution is -0.143. The van der Waals surface area contributed by atoms with E-state index in [9.17, 15) is 9.59 Å². The monoisotopic (exact) mass is 344 g/mol. The van der Waals surface area contributed by atoms with Crippen LogP contribution in [0.4, 0.5) is 0 Å². The van der Waals surface area contributed by atoms with Gasteiger partial charge in [0.2, 0.25) is 0 Å². The van der Waals surface area contributed by atoms with E-state index in [2.05, 4.69) is 15.9 Å². The number of hydrogen-bond donors (Lipinski definition) is 0. The third kappa shape index (κ3) is 5.61. The molecular weight excluding hydrogens is 328 g/mol. The van der Waals surface area contributed by atoms with Gasteiger partial charge in [0.25, 0.3) is 0 Å². The second-order valence-corrected chi connectivity index (χ2v) is 4.84. The van der Waals surface area contributed by atoms with Gasteiger partial charge in [-0.3, -0.25) is 9.59 Å². The highest BCUT2D eigenvalue weighted by Crippen LogP contribution is 2.30. The molecule has 0 aliphatic carbocycles. The predicted octanol–water partition coefficient (Wildman–Crippen LogP) is 3.10. The molecule has 0 N–H and O–H groups in total. The van der Waals surface area contributed by atoms with Crippen molar-refractivity contribution in [3.63, 3.8) is 0 Å². The Balaban J connectivity index is 2.44. The lowest BCUT2D eigenvalue weighted by Crippen LogP contribution is -2.10. The summed E-state index contributed by atoms with van der Waals surface area (Å²) < 4.78 is 15.9. The summed E-state index contributed by atoms with van der Waals surface area (Å²) in [4.78, 5) is 22.8. The molecule has 0 aliphatic heterocycles. The summed E-state index contributed by atoms with van der Waals surface area (Å²) in [6, 6.07) is 5.11.